The highest BCUT2D eigenvalue weighted by molar-refractivity contribution is 6.52. The third kappa shape index (κ3) is 6.93. The second kappa shape index (κ2) is 15.7. The van der Waals surface area contributed by atoms with Gasteiger partial charge < -0.3 is 31.3 Å². The van der Waals surface area contributed by atoms with Crippen molar-refractivity contribution in [3.8, 4) is 5.75 Å². The van der Waals surface area contributed by atoms with Crippen LogP contribution in [0.25, 0.3) is 43.8 Å². The van der Waals surface area contributed by atoms with Crippen molar-refractivity contribution < 1.29 is 34.9 Å². The van der Waals surface area contributed by atoms with Crippen LogP contribution in [-0.4, -0.2) is 34.5 Å². The first-order valence-corrected chi connectivity index (χ1v) is 23.0. The van der Waals surface area contributed by atoms with Crippen molar-refractivity contribution >= 4 is 72.5 Å². The number of phenolic OH excluding ortho intramolecular Hbond substituents is 1. The van der Waals surface area contributed by atoms with E-state index in [1.54, 1.807) is 12.1 Å². The first-order chi connectivity index (χ1) is 30.4. The van der Waals surface area contributed by atoms with Gasteiger partial charge >= 0.3 is 0 Å². The van der Waals surface area contributed by atoms with Gasteiger partial charge in [-0.25, -0.2) is 9.98 Å². The van der Waals surface area contributed by atoms with E-state index in [1.807, 2.05) is 49.4 Å². The van der Waals surface area contributed by atoms with E-state index in [0.717, 1.165) is 40.0 Å². The molecule has 10 nitrogen and oxygen atoms in total. The minimum absolute atomic E-state index is 0.0347. The summed E-state index contributed by atoms with van der Waals surface area (Å²) in [5.74, 6) is -0.494. The summed E-state index contributed by atoms with van der Waals surface area (Å²) in [5.41, 5.74) is 2.00. The largest absolute Gasteiger partial charge is 0.871 e. The molecule has 10 heteroatoms. The van der Waals surface area contributed by atoms with Gasteiger partial charge in [0.15, 0.2) is 11.6 Å². The Hall–Kier alpha value is -6.42. The number of allylic oxidation sites excluding steroid dienone is 4. The van der Waals surface area contributed by atoms with Crippen LogP contribution in [0, 0.1) is 23.7 Å². The lowest BCUT2D eigenvalue weighted by molar-refractivity contribution is -0.589. The molecule has 0 spiro atoms. The summed E-state index contributed by atoms with van der Waals surface area (Å²) in [7, 11) is 0. The Labute approximate surface area is 373 Å². The van der Waals surface area contributed by atoms with Crippen LogP contribution in [0.2, 0.25) is 0 Å². The van der Waals surface area contributed by atoms with E-state index in [0.29, 0.717) is 69.3 Å². The molecule has 2 aliphatic carbocycles. The van der Waals surface area contributed by atoms with Gasteiger partial charge in [0.2, 0.25) is 22.0 Å². The lowest BCUT2D eigenvalue weighted by Gasteiger charge is -2.37. The van der Waals surface area contributed by atoms with Gasteiger partial charge in [-0.3, -0.25) is 9.59 Å². The topological polar surface area (TPSA) is 165 Å². The van der Waals surface area contributed by atoms with Crippen molar-refractivity contribution in [2.45, 2.75) is 99.3 Å². The summed E-state index contributed by atoms with van der Waals surface area (Å²) in [4.78, 5) is 36.8. The summed E-state index contributed by atoms with van der Waals surface area (Å²) in [6.45, 7) is 20.0. The zero-order valence-electron chi connectivity index (χ0n) is 38.4. The van der Waals surface area contributed by atoms with Gasteiger partial charge in [0.05, 0.1) is 32.6 Å². The smallest absolute Gasteiger partial charge is 0.235 e. The SMILES string of the molecule is CCNc1ccc(C2=C([O-])/C(=c3\ccc4ccc(C5=C([O-])/C(=c6\ccc7cccc8c7c6=[NH+]C(CC(C)C)(CC(C)C)N8)C5=O)c5c4c3=[NH+]C(CC(C)C)(CC(C)C)N5)C2=O)c(O)c1. The fourth-order valence-electron chi connectivity index (χ4n) is 11.1. The lowest BCUT2D eigenvalue weighted by Crippen LogP contribution is -2.96. The minimum atomic E-state index is -0.757. The average molecular weight is 858 g/mol. The number of carbonyl (C=O) groups excluding carboxylic acids is 2. The number of phenols is 1. The molecule has 5 aromatic carbocycles. The zero-order chi connectivity index (χ0) is 45.6. The number of carbonyl (C=O) groups is 2. The van der Waals surface area contributed by atoms with E-state index in [2.05, 4.69) is 93.5 Å². The quantitative estimate of drug-likeness (QED) is 0.112. The average Bonchev–Trinajstić information content (AvgIpc) is 3.20. The highest BCUT2D eigenvalue weighted by Gasteiger charge is 2.44. The Morgan fingerprint density at radius 1 is 0.609 bits per heavy atom. The van der Waals surface area contributed by atoms with Gasteiger partial charge in [-0.2, -0.15) is 0 Å². The number of rotatable bonds is 12. The van der Waals surface area contributed by atoms with Crippen LogP contribution in [-0.2, 0) is 9.59 Å². The lowest BCUT2D eigenvalue weighted by atomic mass is 9.78. The number of nitrogens with one attached hydrogen (secondary N) is 5. The standard InChI is InChI=1S/C54H59N5O5/c1-10-55-33-17-21-34(39(60)22-33)42-49(61)44(50(42)62)36-19-15-32-16-20-37(48-41(32)47(36)58-54(59-48,25-29(6)7)26-30(8)9)45-51(63)43(52(45)64)35-18-14-31-12-11-13-38-40(31)46(35)57-53(56-38,23-27(2)3)24-28(4)5/h11-22,27-30,55-56,59-61,63H,10,23-26H2,1-9H3/b43-35-,44-36-. The molecule has 0 amide bonds. The summed E-state index contributed by atoms with van der Waals surface area (Å²) in [5, 5.41) is 56.8. The Balaban J connectivity index is 1.30. The Bertz CT molecular complexity index is 3150. The number of ketones is 2. The van der Waals surface area contributed by atoms with Crippen molar-refractivity contribution in [2.24, 2.45) is 23.7 Å². The summed E-state index contributed by atoms with van der Waals surface area (Å²) in [6.07, 6.45) is 3.01. The molecule has 0 aromatic heterocycles. The normalized spacial score (nSPS) is 19.0. The van der Waals surface area contributed by atoms with Crippen LogP contribution in [0.1, 0.15) is 99.1 Å². The van der Waals surface area contributed by atoms with E-state index in [1.165, 1.54) is 6.07 Å². The first kappa shape index (κ1) is 42.9. The van der Waals surface area contributed by atoms with Gasteiger partial charge in [0.1, 0.15) is 5.75 Å². The molecule has 2 heterocycles. The van der Waals surface area contributed by atoms with E-state index < -0.39 is 22.9 Å². The van der Waals surface area contributed by atoms with Crippen molar-refractivity contribution in [2.75, 3.05) is 22.5 Å². The molecule has 5 aromatic rings. The summed E-state index contributed by atoms with van der Waals surface area (Å²) in [6, 6.07) is 22.4. The van der Waals surface area contributed by atoms with E-state index >= 15 is 0 Å². The third-order valence-electron chi connectivity index (χ3n) is 13.0. The molecule has 0 atom stereocenters. The van der Waals surface area contributed by atoms with Crippen molar-refractivity contribution in [3.05, 3.63) is 117 Å². The van der Waals surface area contributed by atoms with Crippen molar-refractivity contribution in [1.82, 2.24) is 0 Å². The van der Waals surface area contributed by atoms with Crippen LogP contribution in [0.5, 0.6) is 5.75 Å². The fraction of sp³-hybridized carbons (Fsp3) is 0.370. The maximum Gasteiger partial charge on any atom is 0.235 e. The number of anilines is 3. The van der Waals surface area contributed by atoms with Crippen LogP contribution in [0.3, 0.4) is 0 Å². The highest BCUT2D eigenvalue weighted by Crippen LogP contribution is 2.43. The molecular weight excluding hydrogens is 799 g/mol. The number of Topliss-reactive ketones (excluding diaryl/α,β-unsaturated/α-hetero) is 2. The molecule has 0 unspecified atom stereocenters. The van der Waals surface area contributed by atoms with Crippen LogP contribution in [0.15, 0.2) is 84.3 Å². The van der Waals surface area contributed by atoms with E-state index in [9.17, 15) is 24.9 Å². The van der Waals surface area contributed by atoms with Crippen LogP contribution >= 0.6 is 0 Å². The third-order valence-corrected chi connectivity index (χ3v) is 13.0. The zero-order valence-corrected chi connectivity index (χ0v) is 38.4. The van der Waals surface area contributed by atoms with Gasteiger partial charge in [0.25, 0.3) is 0 Å². The van der Waals surface area contributed by atoms with Gasteiger partial charge in [-0.15, -0.1) is 0 Å². The Morgan fingerprint density at radius 3 is 1.61 bits per heavy atom. The predicted octanol–water partition coefficient (Wildman–Crippen LogP) is 2.97. The molecule has 9 rings (SSSR count). The number of aromatic hydroxyl groups is 1. The number of benzene rings is 5. The first-order valence-electron chi connectivity index (χ1n) is 23.0. The van der Waals surface area contributed by atoms with Gasteiger partial charge in [-0.05, 0) is 71.7 Å². The van der Waals surface area contributed by atoms with E-state index in [4.69, 9.17) is 0 Å². The fourth-order valence-corrected chi connectivity index (χ4v) is 11.1. The molecule has 0 fully saturated rings. The molecule has 2 aliphatic heterocycles. The minimum Gasteiger partial charge on any atom is -0.871 e. The summed E-state index contributed by atoms with van der Waals surface area (Å²) < 4.78 is 0. The van der Waals surface area contributed by atoms with Crippen molar-refractivity contribution in [1.29, 1.82) is 0 Å². The highest BCUT2D eigenvalue weighted by atomic mass is 16.3. The molecular formula is C54H59N5O5. The van der Waals surface area contributed by atoms with Gasteiger partial charge in [-0.1, -0.05) is 103 Å². The predicted molar refractivity (Wildman–Crippen MR) is 250 cm³/mol. The molecule has 0 saturated heterocycles. The second-order valence-corrected chi connectivity index (χ2v) is 20.1. The molecule has 6 N–H and O–H groups in total. The molecule has 330 valence electrons. The Morgan fingerprint density at radius 2 is 1.09 bits per heavy atom. The molecule has 4 aliphatic rings. The maximum atomic E-state index is 14.9. The summed E-state index contributed by atoms with van der Waals surface area (Å²) >= 11 is 0. The maximum absolute atomic E-state index is 14.9. The van der Waals surface area contributed by atoms with Crippen LogP contribution < -0.4 is 57.3 Å². The molecule has 64 heavy (non-hydrogen) atoms. The van der Waals surface area contributed by atoms with E-state index in [-0.39, 0.29) is 57.0 Å². The van der Waals surface area contributed by atoms with Gasteiger partial charge in [0, 0.05) is 77.4 Å². The molecule has 0 saturated carbocycles. The number of hydrogen-bond donors (Lipinski definition) is 6. The molecule has 0 radical (unpaired) electrons. The Kier molecular flexibility index (Phi) is 10.5. The van der Waals surface area contributed by atoms with Crippen LogP contribution in [0.4, 0.5) is 17.1 Å². The number of hydrogen-bond acceptors (Lipinski definition) is 8. The van der Waals surface area contributed by atoms with Crippen molar-refractivity contribution in [3.63, 3.8) is 0 Å². The second-order valence-electron chi connectivity index (χ2n) is 20.1. The molecule has 0 bridgehead atoms. The monoisotopic (exact) mass is 857 g/mol.